The van der Waals surface area contributed by atoms with Gasteiger partial charge in [-0.2, -0.15) is 12.7 Å². The molecule has 1 fully saturated rings. The van der Waals surface area contributed by atoms with E-state index in [0.29, 0.717) is 25.0 Å². The van der Waals surface area contributed by atoms with Crippen LogP contribution >= 0.6 is 0 Å². The van der Waals surface area contributed by atoms with Gasteiger partial charge in [0.15, 0.2) is 0 Å². The highest BCUT2D eigenvalue weighted by atomic mass is 32.2. The molecule has 0 aliphatic carbocycles. The van der Waals surface area contributed by atoms with Gasteiger partial charge in [-0.25, -0.2) is 4.72 Å². The van der Waals surface area contributed by atoms with Gasteiger partial charge >= 0.3 is 0 Å². The van der Waals surface area contributed by atoms with Crippen LogP contribution in [0.3, 0.4) is 0 Å². The van der Waals surface area contributed by atoms with Gasteiger partial charge < -0.3 is 5.32 Å². The van der Waals surface area contributed by atoms with Crippen LogP contribution in [0.4, 0.5) is 0 Å². The van der Waals surface area contributed by atoms with E-state index in [-0.39, 0.29) is 6.04 Å². The third-order valence-corrected chi connectivity index (χ3v) is 5.55. The SMILES string of the molecule is CC(C)CCCNS(=O)(=O)N1CCCCC1CNC(C)C. The van der Waals surface area contributed by atoms with Crippen LogP contribution in [0.15, 0.2) is 0 Å². The van der Waals surface area contributed by atoms with Gasteiger partial charge in [0.25, 0.3) is 10.2 Å². The quantitative estimate of drug-likeness (QED) is 0.640. The maximum absolute atomic E-state index is 12.5. The van der Waals surface area contributed by atoms with E-state index in [4.69, 9.17) is 0 Å². The molecule has 1 unspecified atom stereocenters. The van der Waals surface area contributed by atoms with Crippen LogP contribution in [0.2, 0.25) is 0 Å². The Morgan fingerprint density at radius 2 is 1.90 bits per heavy atom. The third-order valence-electron chi connectivity index (χ3n) is 3.89. The van der Waals surface area contributed by atoms with Gasteiger partial charge in [0.2, 0.25) is 0 Å². The van der Waals surface area contributed by atoms with Crippen molar-refractivity contribution in [2.75, 3.05) is 19.6 Å². The van der Waals surface area contributed by atoms with Crippen LogP contribution in [0.5, 0.6) is 0 Å². The van der Waals surface area contributed by atoms with Crippen LogP contribution < -0.4 is 10.0 Å². The van der Waals surface area contributed by atoms with Crippen molar-refractivity contribution in [2.24, 2.45) is 5.92 Å². The van der Waals surface area contributed by atoms with E-state index in [0.717, 1.165) is 38.6 Å². The molecule has 1 saturated heterocycles. The van der Waals surface area contributed by atoms with Crippen LogP contribution in [0.1, 0.15) is 59.8 Å². The van der Waals surface area contributed by atoms with Gasteiger partial charge in [-0.3, -0.25) is 0 Å². The molecule has 0 amide bonds. The van der Waals surface area contributed by atoms with Crippen LogP contribution in [-0.4, -0.2) is 44.4 Å². The molecular formula is C15H33N3O2S. The zero-order valence-corrected chi connectivity index (χ0v) is 14.9. The van der Waals surface area contributed by atoms with E-state index in [1.807, 2.05) is 0 Å². The van der Waals surface area contributed by atoms with E-state index in [9.17, 15) is 8.42 Å². The number of nitrogens with zero attached hydrogens (tertiary/aromatic N) is 1. The molecule has 1 heterocycles. The summed E-state index contributed by atoms with van der Waals surface area (Å²) in [6.07, 6.45) is 4.99. The minimum absolute atomic E-state index is 0.0868. The molecule has 5 nitrogen and oxygen atoms in total. The second-order valence-electron chi connectivity index (χ2n) is 6.76. The molecule has 0 radical (unpaired) electrons. The second-order valence-corrected chi connectivity index (χ2v) is 8.47. The number of hydrogen-bond acceptors (Lipinski definition) is 3. The average molecular weight is 320 g/mol. The number of nitrogens with one attached hydrogen (secondary N) is 2. The van der Waals surface area contributed by atoms with Crippen LogP contribution in [0, 0.1) is 5.92 Å². The predicted octanol–water partition coefficient (Wildman–Crippen LogP) is 2.11. The Morgan fingerprint density at radius 1 is 1.19 bits per heavy atom. The zero-order valence-electron chi connectivity index (χ0n) is 14.1. The standard InChI is InChI=1S/C15H33N3O2S/c1-13(2)8-7-10-17-21(19,20)18-11-6-5-9-15(18)12-16-14(3)4/h13-17H,5-12H2,1-4H3. The molecule has 6 heteroatoms. The van der Waals surface area contributed by atoms with Gasteiger partial charge in [-0.15, -0.1) is 0 Å². The third kappa shape index (κ3) is 7.08. The molecule has 1 atom stereocenters. The second kappa shape index (κ2) is 9.08. The van der Waals surface area contributed by atoms with E-state index in [2.05, 4.69) is 37.7 Å². The minimum atomic E-state index is -3.34. The number of rotatable bonds is 9. The van der Waals surface area contributed by atoms with Crippen LogP contribution in [0.25, 0.3) is 0 Å². The van der Waals surface area contributed by atoms with Gasteiger partial charge in [0.05, 0.1) is 0 Å². The zero-order chi connectivity index (χ0) is 15.9. The van der Waals surface area contributed by atoms with E-state index in [1.54, 1.807) is 4.31 Å². The lowest BCUT2D eigenvalue weighted by Crippen LogP contribution is -2.53. The molecule has 1 aliphatic heterocycles. The summed E-state index contributed by atoms with van der Waals surface area (Å²) in [6.45, 7) is 10.4. The maximum atomic E-state index is 12.5. The monoisotopic (exact) mass is 319 g/mol. The summed E-state index contributed by atoms with van der Waals surface area (Å²) in [4.78, 5) is 0. The normalized spacial score (nSPS) is 21.3. The molecule has 1 aliphatic rings. The van der Waals surface area contributed by atoms with Gasteiger partial charge in [0, 0.05) is 31.7 Å². The lowest BCUT2D eigenvalue weighted by Gasteiger charge is -2.35. The summed E-state index contributed by atoms with van der Waals surface area (Å²) in [5, 5.41) is 3.37. The molecule has 2 N–H and O–H groups in total. The summed E-state index contributed by atoms with van der Waals surface area (Å²) < 4.78 is 29.4. The van der Waals surface area contributed by atoms with E-state index in [1.165, 1.54) is 0 Å². The largest absolute Gasteiger partial charge is 0.313 e. The van der Waals surface area contributed by atoms with Crippen molar-refractivity contribution in [3.63, 3.8) is 0 Å². The Hall–Kier alpha value is -0.170. The summed E-state index contributed by atoms with van der Waals surface area (Å²) in [5.74, 6) is 0.618. The summed E-state index contributed by atoms with van der Waals surface area (Å²) in [7, 11) is -3.34. The van der Waals surface area contributed by atoms with Crippen molar-refractivity contribution >= 4 is 10.2 Å². The first-order valence-electron chi connectivity index (χ1n) is 8.32. The minimum Gasteiger partial charge on any atom is -0.313 e. The Balaban J connectivity index is 2.52. The summed E-state index contributed by atoms with van der Waals surface area (Å²) in [5.41, 5.74) is 0. The van der Waals surface area contributed by atoms with E-state index < -0.39 is 10.2 Å². The molecule has 0 saturated carbocycles. The highest BCUT2D eigenvalue weighted by Crippen LogP contribution is 2.19. The molecule has 0 aromatic carbocycles. The van der Waals surface area contributed by atoms with Crippen LogP contribution in [-0.2, 0) is 10.2 Å². The fraction of sp³-hybridized carbons (Fsp3) is 1.00. The molecular weight excluding hydrogens is 286 g/mol. The Labute approximate surface area is 131 Å². The molecule has 0 aromatic rings. The maximum Gasteiger partial charge on any atom is 0.279 e. The molecule has 0 spiro atoms. The summed E-state index contributed by atoms with van der Waals surface area (Å²) in [6, 6.07) is 0.472. The van der Waals surface area contributed by atoms with Crippen molar-refractivity contribution in [3.8, 4) is 0 Å². The van der Waals surface area contributed by atoms with Gasteiger partial charge in [-0.1, -0.05) is 34.1 Å². The molecule has 126 valence electrons. The van der Waals surface area contributed by atoms with Crippen molar-refractivity contribution in [3.05, 3.63) is 0 Å². The lowest BCUT2D eigenvalue weighted by atomic mass is 10.0. The summed E-state index contributed by atoms with van der Waals surface area (Å²) >= 11 is 0. The molecule has 21 heavy (non-hydrogen) atoms. The first-order valence-corrected chi connectivity index (χ1v) is 9.76. The highest BCUT2D eigenvalue weighted by molar-refractivity contribution is 7.87. The van der Waals surface area contributed by atoms with Crippen molar-refractivity contribution in [1.29, 1.82) is 0 Å². The Bertz CT molecular complexity index is 382. The average Bonchev–Trinajstić information content (AvgIpc) is 2.41. The predicted molar refractivity (Wildman–Crippen MR) is 88.5 cm³/mol. The topological polar surface area (TPSA) is 61.4 Å². The van der Waals surface area contributed by atoms with Crippen molar-refractivity contribution in [2.45, 2.75) is 71.9 Å². The Kier molecular flexibility index (Phi) is 8.16. The molecule has 0 aromatic heterocycles. The van der Waals surface area contributed by atoms with Crippen molar-refractivity contribution in [1.82, 2.24) is 14.3 Å². The first kappa shape index (κ1) is 18.9. The molecule has 1 rings (SSSR count). The smallest absolute Gasteiger partial charge is 0.279 e. The lowest BCUT2D eigenvalue weighted by molar-refractivity contribution is 0.239. The fourth-order valence-electron chi connectivity index (χ4n) is 2.66. The first-order chi connectivity index (χ1) is 9.83. The van der Waals surface area contributed by atoms with Gasteiger partial charge in [0.1, 0.15) is 0 Å². The highest BCUT2D eigenvalue weighted by Gasteiger charge is 2.31. The number of hydrogen-bond donors (Lipinski definition) is 2. The fourth-order valence-corrected chi connectivity index (χ4v) is 4.17. The van der Waals surface area contributed by atoms with Gasteiger partial charge in [-0.05, 0) is 31.6 Å². The number of piperidine rings is 1. The Morgan fingerprint density at radius 3 is 2.52 bits per heavy atom. The van der Waals surface area contributed by atoms with Crippen molar-refractivity contribution < 1.29 is 8.42 Å². The van der Waals surface area contributed by atoms with E-state index >= 15 is 0 Å². The molecule has 0 bridgehead atoms.